The summed E-state index contributed by atoms with van der Waals surface area (Å²) in [7, 11) is 0. The first-order valence-corrected chi connectivity index (χ1v) is 4.55. The van der Waals surface area contributed by atoms with Crippen molar-refractivity contribution in [2.45, 2.75) is 38.5 Å². The second kappa shape index (κ2) is 6.47. The summed E-state index contributed by atoms with van der Waals surface area (Å²) in [5.41, 5.74) is 0. The molecule has 0 heterocycles. The maximum absolute atomic E-state index is 10.9. The molecule has 0 aromatic carbocycles. The number of carbonyl (C=O) groups excluding carboxylic acids is 1. The minimum absolute atomic E-state index is 0.0795. The zero-order chi connectivity index (χ0) is 8.69. The molecular formula is C8H16ClNO. The van der Waals surface area contributed by atoms with E-state index in [4.69, 9.17) is 11.6 Å². The van der Waals surface area contributed by atoms with Crippen molar-refractivity contribution in [3.05, 3.63) is 0 Å². The molecule has 1 amide bonds. The van der Waals surface area contributed by atoms with Crippen LogP contribution in [0.25, 0.3) is 0 Å². The molecule has 66 valence electrons. The van der Waals surface area contributed by atoms with Crippen molar-refractivity contribution in [3.63, 3.8) is 0 Å². The van der Waals surface area contributed by atoms with Crippen LogP contribution < -0.4 is 5.32 Å². The van der Waals surface area contributed by atoms with Crippen LogP contribution in [0.15, 0.2) is 0 Å². The Kier molecular flexibility index (Phi) is 6.33. The summed E-state index contributed by atoms with van der Waals surface area (Å²) >= 11 is 5.79. The van der Waals surface area contributed by atoms with Gasteiger partial charge in [0, 0.05) is 13.0 Å². The van der Waals surface area contributed by atoms with Crippen LogP contribution in [-0.4, -0.2) is 17.8 Å². The average Bonchev–Trinajstić information content (AvgIpc) is 2.01. The predicted molar refractivity (Wildman–Crippen MR) is 47.8 cm³/mol. The van der Waals surface area contributed by atoms with Crippen LogP contribution in [-0.2, 0) is 4.79 Å². The molecule has 1 unspecified atom stereocenters. The lowest BCUT2D eigenvalue weighted by atomic mass is 10.3. The summed E-state index contributed by atoms with van der Waals surface area (Å²) in [5, 5.41) is 2.84. The second-order valence-corrected chi connectivity index (χ2v) is 3.18. The van der Waals surface area contributed by atoms with Gasteiger partial charge in [0.2, 0.25) is 5.91 Å². The molecule has 0 aromatic rings. The molecule has 0 bridgehead atoms. The van der Waals surface area contributed by atoms with Crippen LogP contribution >= 0.6 is 11.6 Å². The molecule has 11 heavy (non-hydrogen) atoms. The van der Waals surface area contributed by atoms with Crippen LogP contribution in [0.4, 0.5) is 0 Å². The molecule has 0 rings (SSSR count). The Morgan fingerprint density at radius 3 is 2.64 bits per heavy atom. The number of rotatable bonds is 5. The molecule has 0 radical (unpaired) electrons. The second-order valence-electron chi connectivity index (χ2n) is 2.56. The Hall–Kier alpha value is -0.240. The number of hydrogen-bond acceptors (Lipinski definition) is 1. The van der Waals surface area contributed by atoms with E-state index >= 15 is 0 Å². The fourth-order valence-electron chi connectivity index (χ4n) is 0.684. The normalized spacial score (nSPS) is 12.6. The lowest BCUT2D eigenvalue weighted by Gasteiger charge is -2.07. The molecule has 1 atom stereocenters. The zero-order valence-corrected chi connectivity index (χ0v) is 7.95. The lowest BCUT2D eigenvalue weighted by Crippen LogP contribution is -2.28. The van der Waals surface area contributed by atoms with Gasteiger partial charge in [0.05, 0.1) is 5.38 Å². The first kappa shape index (κ1) is 10.8. The Bertz CT molecular complexity index is 117. The summed E-state index contributed by atoms with van der Waals surface area (Å²) < 4.78 is 0. The molecule has 0 aliphatic rings. The van der Waals surface area contributed by atoms with E-state index in [1.165, 1.54) is 0 Å². The standard InChI is InChI=1S/C8H16ClNO/c1-3-5-8(11)10-6-7(9)4-2/h7H,3-6H2,1-2H3,(H,10,11). The Labute approximate surface area is 73.3 Å². The number of hydrogen-bond donors (Lipinski definition) is 1. The Balaban J connectivity index is 3.30. The highest BCUT2D eigenvalue weighted by atomic mass is 35.5. The van der Waals surface area contributed by atoms with E-state index in [2.05, 4.69) is 5.32 Å². The highest BCUT2D eigenvalue weighted by molar-refractivity contribution is 6.20. The van der Waals surface area contributed by atoms with Crippen molar-refractivity contribution >= 4 is 17.5 Å². The molecule has 2 nitrogen and oxygen atoms in total. The van der Waals surface area contributed by atoms with Gasteiger partial charge in [-0.05, 0) is 12.8 Å². The smallest absolute Gasteiger partial charge is 0.220 e. The van der Waals surface area contributed by atoms with Crippen molar-refractivity contribution in [3.8, 4) is 0 Å². The molecule has 0 fully saturated rings. The average molecular weight is 178 g/mol. The van der Waals surface area contributed by atoms with Gasteiger partial charge in [-0.15, -0.1) is 11.6 Å². The van der Waals surface area contributed by atoms with Gasteiger partial charge >= 0.3 is 0 Å². The van der Waals surface area contributed by atoms with Gasteiger partial charge in [0.1, 0.15) is 0 Å². The molecular weight excluding hydrogens is 162 g/mol. The number of amides is 1. The largest absolute Gasteiger partial charge is 0.355 e. The quantitative estimate of drug-likeness (QED) is 0.639. The SMILES string of the molecule is CCCC(=O)NCC(Cl)CC. The fourth-order valence-corrected chi connectivity index (χ4v) is 0.762. The van der Waals surface area contributed by atoms with Crippen LogP contribution in [0, 0.1) is 0 Å². The predicted octanol–water partition coefficient (Wildman–Crippen LogP) is 1.92. The van der Waals surface area contributed by atoms with Crippen molar-refractivity contribution < 1.29 is 4.79 Å². The molecule has 0 aliphatic heterocycles. The third-order valence-corrected chi connectivity index (χ3v) is 1.90. The maximum Gasteiger partial charge on any atom is 0.220 e. The van der Waals surface area contributed by atoms with Crippen LogP contribution in [0.5, 0.6) is 0 Å². The van der Waals surface area contributed by atoms with Crippen molar-refractivity contribution in [1.29, 1.82) is 0 Å². The monoisotopic (exact) mass is 177 g/mol. The molecule has 3 heteroatoms. The van der Waals surface area contributed by atoms with E-state index in [1.54, 1.807) is 0 Å². The first-order chi connectivity index (χ1) is 5.20. The number of carbonyl (C=O) groups is 1. The van der Waals surface area contributed by atoms with Crippen LogP contribution in [0.2, 0.25) is 0 Å². The van der Waals surface area contributed by atoms with Gasteiger partial charge in [0.25, 0.3) is 0 Å². The minimum Gasteiger partial charge on any atom is -0.355 e. The van der Waals surface area contributed by atoms with E-state index in [1.807, 2.05) is 13.8 Å². The number of alkyl halides is 1. The summed E-state index contributed by atoms with van der Waals surface area (Å²) in [5.74, 6) is 0.103. The van der Waals surface area contributed by atoms with Gasteiger partial charge < -0.3 is 5.32 Å². The number of nitrogens with one attached hydrogen (secondary N) is 1. The maximum atomic E-state index is 10.9. The Morgan fingerprint density at radius 2 is 2.18 bits per heavy atom. The van der Waals surface area contributed by atoms with Gasteiger partial charge in [-0.2, -0.15) is 0 Å². The van der Waals surface area contributed by atoms with Crippen molar-refractivity contribution in [1.82, 2.24) is 5.32 Å². The fraction of sp³-hybridized carbons (Fsp3) is 0.875. The van der Waals surface area contributed by atoms with Gasteiger partial charge in [-0.25, -0.2) is 0 Å². The van der Waals surface area contributed by atoms with Gasteiger partial charge in [-0.3, -0.25) is 4.79 Å². The zero-order valence-electron chi connectivity index (χ0n) is 7.19. The summed E-state index contributed by atoms with van der Waals surface area (Å²) in [4.78, 5) is 10.9. The van der Waals surface area contributed by atoms with E-state index in [9.17, 15) is 4.79 Å². The van der Waals surface area contributed by atoms with Crippen LogP contribution in [0.3, 0.4) is 0 Å². The van der Waals surface area contributed by atoms with Crippen molar-refractivity contribution in [2.75, 3.05) is 6.54 Å². The van der Waals surface area contributed by atoms with E-state index in [-0.39, 0.29) is 11.3 Å². The molecule has 0 spiro atoms. The summed E-state index contributed by atoms with van der Waals surface area (Å²) in [6.07, 6.45) is 2.40. The molecule has 0 saturated heterocycles. The van der Waals surface area contributed by atoms with E-state index < -0.39 is 0 Å². The Morgan fingerprint density at radius 1 is 1.55 bits per heavy atom. The van der Waals surface area contributed by atoms with Crippen LogP contribution in [0.1, 0.15) is 33.1 Å². The van der Waals surface area contributed by atoms with E-state index in [0.29, 0.717) is 13.0 Å². The lowest BCUT2D eigenvalue weighted by molar-refractivity contribution is -0.121. The summed E-state index contributed by atoms with van der Waals surface area (Å²) in [6.45, 7) is 4.58. The highest BCUT2D eigenvalue weighted by Gasteiger charge is 2.03. The summed E-state index contributed by atoms with van der Waals surface area (Å²) in [6, 6.07) is 0. The molecule has 0 aromatic heterocycles. The first-order valence-electron chi connectivity index (χ1n) is 4.11. The highest BCUT2D eigenvalue weighted by Crippen LogP contribution is 1.98. The molecule has 0 saturated carbocycles. The minimum atomic E-state index is 0.0795. The van der Waals surface area contributed by atoms with E-state index in [0.717, 1.165) is 12.8 Å². The van der Waals surface area contributed by atoms with Gasteiger partial charge in [-0.1, -0.05) is 13.8 Å². The molecule has 1 N–H and O–H groups in total. The topological polar surface area (TPSA) is 29.1 Å². The number of halogens is 1. The molecule has 0 aliphatic carbocycles. The van der Waals surface area contributed by atoms with Gasteiger partial charge in [0.15, 0.2) is 0 Å². The third-order valence-electron chi connectivity index (χ3n) is 1.44. The third kappa shape index (κ3) is 6.17. The van der Waals surface area contributed by atoms with Crippen molar-refractivity contribution in [2.24, 2.45) is 0 Å².